The standard InChI is InChI=1S/C20H17FN4O3S/c21-14-5-1-13(2-6-14)20-25-16(11-29-20)9-10-23-18(27)19(28)24-15-7-3-12(4-8-15)17(22)26/h1-8,11H,9-10H2,(H2,22,26)(H,23,27)(H,24,28). The molecule has 0 unspecified atom stereocenters. The molecule has 0 fully saturated rings. The molecule has 0 aliphatic heterocycles. The summed E-state index contributed by atoms with van der Waals surface area (Å²) >= 11 is 1.42. The van der Waals surface area contributed by atoms with E-state index in [0.717, 1.165) is 16.3 Å². The molecule has 29 heavy (non-hydrogen) atoms. The molecule has 1 heterocycles. The summed E-state index contributed by atoms with van der Waals surface area (Å²) in [4.78, 5) is 39.3. The fourth-order valence-corrected chi connectivity index (χ4v) is 3.30. The second-order valence-corrected chi connectivity index (χ2v) is 6.91. The number of amides is 3. The second kappa shape index (κ2) is 9.07. The normalized spacial score (nSPS) is 10.4. The predicted octanol–water partition coefficient (Wildman–Crippen LogP) is 2.35. The molecule has 148 valence electrons. The topological polar surface area (TPSA) is 114 Å². The van der Waals surface area contributed by atoms with Gasteiger partial charge in [-0.3, -0.25) is 14.4 Å². The van der Waals surface area contributed by atoms with Crippen molar-refractivity contribution in [2.75, 3.05) is 11.9 Å². The van der Waals surface area contributed by atoms with Crippen LogP contribution >= 0.6 is 11.3 Å². The second-order valence-electron chi connectivity index (χ2n) is 6.05. The Kier molecular flexibility index (Phi) is 6.30. The van der Waals surface area contributed by atoms with E-state index in [1.54, 1.807) is 12.1 Å². The van der Waals surface area contributed by atoms with Gasteiger partial charge in [0.2, 0.25) is 5.91 Å². The Hall–Kier alpha value is -3.59. The highest BCUT2D eigenvalue weighted by Gasteiger charge is 2.14. The molecule has 0 atom stereocenters. The lowest BCUT2D eigenvalue weighted by molar-refractivity contribution is -0.136. The van der Waals surface area contributed by atoms with E-state index in [4.69, 9.17) is 5.73 Å². The van der Waals surface area contributed by atoms with Gasteiger partial charge in [0.1, 0.15) is 10.8 Å². The molecule has 0 spiro atoms. The molecule has 0 aliphatic carbocycles. The van der Waals surface area contributed by atoms with Gasteiger partial charge < -0.3 is 16.4 Å². The number of nitrogens with zero attached hydrogens (tertiary/aromatic N) is 1. The lowest BCUT2D eigenvalue weighted by Gasteiger charge is -2.06. The Morgan fingerprint density at radius 2 is 1.69 bits per heavy atom. The van der Waals surface area contributed by atoms with Crippen molar-refractivity contribution in [1.82, 2.24) is 10.3 Å². The summed E-state index contributed by atoms with van der Waals surface area (Å²) < 4.78 is 13.0. The molecule has 4 N–H and O–H groups in total. The van der Waals surface area contributed by atoms with E-state index in [1.165, 1.54) is 47.7 Å². The number of benzene rings is 2. The predicted molar refractivity (Wildman–Crippen MR) is 108 cm³/mol. The molecular formula is C20H17FN4O3S. The maximum atomic E-state index is 13.0. The molecule has 0 bridgehead atoms. The molecule has 3 amide bonds. The number of nitrogens with two attached hydrogens (primary N) is 1. The van der Waals surface area contributed by atoms with Crippen molar-refractivity contribution in [1.29, 1.82) is 0 Å². The first-order valence-corrected chi connectivity index (χ1v) is 9.50. The summed E-state index contributed by atoms with van der Waals surface area (Å²) in [5, 5.41) is 7.57. The molecule has 0 radical (unpaired) electrons. The van der Waals surface area contributed by atoms with Crippen LogP contribution in [0.3, 0.4) is 0 Å². The number of hydrogen-bond acceptors (Lipinski definition) is 5. The maximum absolute atomic E-state index is 13.0. The minimum absolute atomic E-state index is 0.236. The number of aromatic nitrogens is 1. The van der Waals surface area contributed by atoms with E-state index in [-0.39, 0.29) is 12.4 Å². The first-order chi connectivity index (χ1) is 13.9. The number of anilines is 1. The van der Waals surface area contributed by atoms with E-state index < -0.39 is 17.7 Å². The van der Waals surface area contributed by atoms with E-state index in [2.05, 4.69) is 15.6 Å². The molecule has 0 saturated heterocycles. The number of nitrogens with one attached hydrogen (secondary N) is 2. The molecule has 3 aromatic rings. The van der Waals surface area contributed by atoms with Crippen molar-refractivity contribution in [3.05, 3.63) is 71.0 Å². The van der Waals surface area contributed by atoms with Gasteiger partial charge in [-0.15, -0.1) is 11.3 Å². The third-order valence-corrected chi connectivity index (χ3v) is 4.88. The van der Waals surface area contributed by atoms with Crippen LogP contribution in [0.4, 0.5) is 10.1 Å². The van der Waals surface area contributed by atoms with Crippen LogP contribution in [-0.4, -0.2) is 29.3 Å². The Bertz CT molecular complexity index is 1030. The van der Waals surface area contributed by atoms with Crippen LogP contribution in [0.2, 0.25) is 0 Å². The minimum Gasteiger partial charge on any atom is -0.366 e. The van der Waals surface area contributed by atoms with Gasteiger partial charge in [-0.25, -0.2) is 9.37 Å². The smallest absolute Gasteiger partial charge is 0.313 e. The first-order valence-electron chi connectivity index (χ1n) is 8.62. The Morgan fingerprint density at radius 1 is 1.00 bits per heavy atom. The third-order valence-electron chi connectivity index (χ3n) is 3.94. The summed E-state index contributed by atoms with van der Waals surface area (Å²) in [6.07, 6.45) is 0.448. The Morgan fingerprint density at radius 3 is 2.34 bits per heavy atom. The monoisotopic (exact) mass is 412 g/mol. The van der Waals surface area contributed by atoms with Gasteiger partial charge in [0.15, 0.2) is 0 Å². The van der Waals surface area contributed by atoms with Crippen molar-refractivity contribution >= 4 is 34.7 Å². The largest absolute Gasteiger partial charge is 0.366 e. The lowest BCUT2D eigenvalue weighted by Crippen LogP contribution is -2.36. The van der Waals surface area contributed by atoms with Gasteiger partial charge in [-0.2, -0.15) is 0 Å². The highest BCUT2D eigenvalue weighted by Crippen LogP contribution is 2.23. The maximum Gasteiger partial charge on any atom is 0.313 e. The molecule has 0 saturated carbocycles. The summed E-state index contributed by atoms with van der Waals surface area (Å²) in [6, 6.07) is 11.9. The fourth-order valence-electron chi connectivity index (χ4n) is 2.44. The van der Waals surface area contributed by atoms with Crippen molar-refractivity contribution in [3.63, 3.8) is 0 Å². The van der Waals surface area contributed by atoms with Gasteiger partial charge in [-0.1, -0.05) is 0 Å². The van der Waals surface area contributed by atoms with Crippen LogP contribution in [0.15, 0.2) is 53.9 Å². The van der Waals surface area contributed by atoms with E-state index in [1.807, 2.05) is 5.38 Å². The molecule has 1 aromatic heterocycles. The molecular weight excluding hydrogens is 395 g/mol. The zero-order valence-electron chi connectivity index (χ0n) is 15.1. The average Bonchev–Trinajstić information content (AvgIpc) is 3.17. The minimum atomic E-state index is -0.817. The van der Waals surface area contributed by atoms with Gasteiger partial charge in [0, 0.05) is 35.2 Å². The molecule has 7 nitrogen and oxygen atoms in total. The van der Waals surface area contributed by atoms with Gasteiger partial charge >= 0.3 is 11.8 Å². The summed E-state index contributed by atoms with van der Waals surface area (Å²) in [7, 11) is 0. The summed E-state index contributed by atoms with van der Waals surface area (Å²) in [5.41, 5.74) is 7.40. The number of hydrogen-bond donors (Lipinski definition) is 3. The number of primary amides is 1. The first kappa shape index (κ1) is 20.2. The summed E-state index contributed by atoms with van der Waals surface area (Å²) in [5.74, 6) is -2.49. The van der Waals surface area contributed by atoms with Gasteiger partial charge in [0.05, 0.1) is 5.69 Å². The van der Waals surface area contributed by atoms with Crippen LogP contribution in [0.25, 0.3) is 10.6 Å². The lowest BCUT2D eigenvalue weighted by atomic mass is 10.2. The van der Waals surface area contributed by atoms with Gasteiger partial charge in [0.25, 0.3) is 0 Å². The molecule has 0 aliphatic rings. The Labute approximate surface area is 169 Å². The zero-order valence-corrected chi connectivity index (χ0v) is 16.0. The molecule has 3 rings (SSSR count). The van der Waals surface area contributed by atoms with Crippen LogP contribution in [0.1, 0.15) is 16.1 Å². The van der Waals surface area contributed by atoms with Crippen LogP contribution in [-0.2, 0) is 16.0 Å². The Balaban J connectivity index is 1.47. The van der Waals surface area contributed by atoms with Gasteiger partial charge in [-0.05, 0) is 48.5 Å². The highest BCUT2D eigenvalue weighted by atomic mass is 32.1. The molecule has 9 heteroatoms. The van der Waals surface area contributed by atoms with E-state index in [0.29, 0.717) is 17.7 Å². The van der Waals surface area contributed by atoms with Crippen LogP contribution in [0, 0.1) is 5.82 Å². The quantitative estimate of drug-likeness (QED) is 0.539. The number of carbonyl (C=O) groups excluding carboxylic acids is 3. The number of rotatable bonds is 6. The number of halogens is 1. The number of carbonyl (C=O) groups is 3. The van der Waals surface area contributed by atoms with Crippen LogP contribution < -0.4 is 16.4 Å². The summed E-state index contributed by atoms with van der Waals surface area (Å²) in [6.45, 7) is 0.236. The van der Waals surface area contributed by atoms with E-state index >= 15 is 0 Å². The van der Waals surface area contributed by atoms with Crippen molar-refractivity contribution in [2.24, 2.45) is 5.73 Å². The van der Waals surface area contributed by atoms with Crippen molar-refractivity contribution in [3.8, 4) is 10.6 Å². The third kappa shape index (κ3) is 5.45. The fraction of sp³-hybridized carbons (Fsp3) is 0.100. The van der Waals surface area contributed by atoms with Crippen molar-refractivity contribution in [2.45, 2.75) is 6.42 Å². The zero-order chi connectivity index (χ0) is 20.8. The number of thiazole rings is 1. The SMILES string of the molecule is NC(=O)c1ccc(NC(=O)C(=O)NCCc2csc(-c3ccc(F)cc3)n2)cc1. The van der Waals surface area contributed by atoms with Crippen molar-refractivity contribution < 1.29 is 18.8 Å². The van der Waals surface area contributed by atoms with E-state index in [9.17, 15) is 18.8 Å². The van der Waals surface area contributed by atoms with Crippen LogP contribution in [0.5, 0.6) is 0 Å². The molecule has 2 aromatic carbocycles. The highest BCUT2D eigenvalue weighted by molar-refractivity contribution is 7.13. The average molecular weight is 412 g/mol.